The van der Waals surface area contributed by atoms with Gasteiger partial charge in [0.25, 0.3) is 0 Å². The summed E-state index contributed by atoms with van der Waals surface area (Å²) in [4.78, 5) is 61.3. The van der Waals surface area contributed by atoms with Crippen molar-refractivity contribution in [1.82, 2.24) is 0 Å². The van der Waals surface area contributed by atoms with Gasteiger partial charge in [0.05, 0.1) is 11.1 Å². The fraction of sp³-hybridized carbons (Fsp3) is 0.250. The summed E-state index contributed by atoms with van der Waals surface area (Å²) in [5, 5.41) is 8.48. The molecule has 8 nitrogen and oxygen atoms in total. The molecule has 0 saturated heterocycles. The zero-order valence-electron chi connectivity index (χ0n) is 27.4. The number of benzene rings is 4. The topological polar surface area (TPSA) is 111 Å². The fourth-order valence-electron chi connectivity index (χ4n) is 4.90. The van der Waals surface area contributed by atoms with Gasteiger partial charge in [-0.15, -0.1) is 0 Å². The zero-order valence-corrected chi connectivity index (χ0v) is 27.4. The molecule has 0 unspecified atom stereocenters. The molecule has 246 valence electrons. The summed E-state index contributed by atoms with van der Waals surface area (Å²) in [5.41, 5.74) is 3.95. The quantitative estimate of drug-likeness (QED) is 0.0283. The number of oxime groups is 2. The van der Waals surface area contributed by atoms with Crippen molar-refractivity contribution in [1.29, 1.82) is 0 Å². The van der Waals surface area contributed by atoms with Crippen molar-refractivity contribution in [2.24, 2.45) is 10.3 Å². The lowest BCUT2D eigenvalue weighted by atomic mass is 9.96. The number of nitrogens with zero attached hydrogens (tertiary/aromatic N) is 2. The molecule has 0 fully saturated rings. The van der Waals surface area contributed by atoms with Crippen molar-refractivity contribution < 1.29 is 28.9 Å². The Balaban J connectivity index is 1.62. The van der Waals surface area contributed by atoms with E-state index in [1.165, 1.54) is 0 Å². The Morgan fingerprint density at radius 3 is 1.46 bits per heavy atom. The van der Waals surface area contributed by atoms with Crippen LogP contribution in [0.4, 0.5) is 0 Å². The van der Waals surface area contributed by atoms with Gasteiger partial charge in [-0.1, -0.05) is 135 Å². The molecule has 8 heteroatoms. The molecular formula is C40H40N2O6. The van der Waals surface area contributed by atoms with E-state index in [-0.39, 0.29) is 17.9 Å². The summed E-state index contributed by atoms with van der Waals surface area (Å²) < 4.78 is 0. The predicted octanol–water partition coefficient (Wildman–Crippen LogP) is 9.04. The van der Waals surface area contributed by atoms with Crippen LogP contribution in [0.1, 0.15) is 102 Å². The number of hydrogen-bond donors (Lipinski definition) is 0. The minimum Gasteiger partial charge on any atom is -0.312 e. The number of Topliss-reactive ketones (excluding diaryl/α,β-unsaturated/α-hetero) is 2. The molecule has 4 aromatic rings. The van der Waals surface area contributed by atoms with Gasteiger partial charge in [-0.05, 0) is 54.7 Å². The first-order valence-electron chi connectivity index (χ1n) is 16.4. The molecule has 0 N–H and O–H groups in total. The van der Waals surface area contributed by atoms with E-state index < -0.39 is 17.7 Å². The van der Waals surface area contributed by atoms with Crippen LogP contribution in [0.25, 0.3) is 11.1 Å². The average molecular weight is 645 g/mol. The summed E-state index contributed by atoms with van der Waals surface area (Å²) in [6.07, 6.45) is 5.90. The van der Waals surface area contributed by atoms with Crippen LogP contribution in [-0.4, -0.2) is 34.9 Å². The third-order valence-electron chi connectivity index (χ3n) is 7.67. The third-order valence-corrected chi connectivity index (χ3v) is 7.67. The van der Waals surface area contributed by atoms with Crippen LogP contribution in [0.15, 0.2) is 120 Å². The lowest BCUT2D eigenvalue weighted by molar-refractivity contribution is -0.115. The van der Waals surface area contributed by atoms with Gasteiger partial charge in [0, 0.05) is 17.5 Å². The second kappa shape index (κ2) is 18.6. The number of ketones is 2. The van der Waals surface area contributed by atoms with Gasteiger partial charge in [-0.25, -0.2) is 9.59 Å². The van der Waals surface area contributed by atoms with E-state index in [0.717, 1.165) is 43.2 Å². The van der Waals surface area contributed by atoms with Gasteiger partial charge < -0.3 is 9.68 Å². The first kappa shape index (κ1) is 35.4. The van der Waals surface area contributed by atoms with Crippen LogP contribution < -0.4 is 0 Å². The highest BCUT2D eigenvalue weighted by Gasteiger charge is 2.19. The molecule has 0 amide bonds. The van der Waals surface area contributed by atoms with E-state index >= 15 is 0 Å². The maximum absolute atomic E-state index is 12.8. The van der Waals surface area contributed by atoms with Gasteiger partial charge in [-0.3, -0.25) is 9.59 Å². The van der Waals surface area contributed by atoms with E-state index in [4.69, 9.17) is 9.68 Å². The van der Waals surface area contributed by atoms with E-state index in [2.05, 4.69) is 24.2 Å². The zero-order chi connectivity index (χ0) is 34.1. The van der Waals surface area contributed by atoms with Crippen molar-refractivity contribution in [2.75, 3.05) is 0 Å². The number of unbranched alkanes of at least 4 members (excludes halogenated alkanes) is 4. The highest BCUT2D eigenvalue weighted by Crippen LogP contribution is 2.22. The minimum atomic E-state index is -0.641. The maximum atomic E-state index is 12.8. The summed E-state index contributed by atoms with van der Waals surface area (Å²) in [7, 11) is 0. The standard InChI is InChI=1S/C40H40N2O6/c1-3-5-9-19-35(41-47-39(45)33-15-11-7-12-16-33)37(42-48-40(46)34-17-13-8-14-18-34)31-25-21-29(22-26-31)30-23-27-32(28-24-30)38(44)36(43)20-10-6-4-2/h7-8,11-18,21-28H,3-6,9-10,19-20H2,1-2H3. The van der Waals surface area contributed by atoms with E-state index in [0.29, 0.717) is 40.8 Å². The Kier molecular flexibility index (Phi) is 13.7. The molecule has 0 aliphatic rings. The molecule has 0 saturated carbocycles. The molecule has 4 aromatic carbocycles. The normalized spacial score (nSPS) is 11.5. The molecule has 0 bridgehead atoms. The third kappa shape index (κ3) is 10.3. The summed E-state index contributed by atoms with van der Waals surface area (Å²) >= 11 is 0. The fourth-order valence-corrected chi connectivity index (χ4v) is 4.90. The molecule has 0 radical (unpaired) electrons. The number of rotatable bonds is 17. The summed E-state index contributed by atoms with van der Waals surface area (Å²) in [6.45, 7) is 4.13. The molecule has 0 aliphatic carbocycles. The second-order valence-corrected chi connectivity index (χ2v) is 11.3. The Morgan fingerprint density at radius 1 is 0.500 bits per heavy atom. The second-order valence-electron chi connectivity index (χ2n) is 11.3. The van der Waals surface area contributed by atoms with Crippen molar-refractivity contribution in [2.45, 2.75) is 65.2 Å². The molecule has 4 rings (SSSR count). The lowest BCUT2D eigenvalue weighted by Crippen LogP contribution is -2.19. The number of hydrogen-bond acceptors (Lipinski definition) is 8. The van der Waals surface area contributed by atoms with Crippen molar-refractivity contribution in [3.05, 3.63) is 131 Å². The molecule has 0 heterocycles. The van der Waals surface area contributed by atoms with Gasteiger partial charge in [0.2, 0.25) is 11.6 Å². The molecular weight excluding hydrogens is 604 g/mol. The van der Waals surface area contributed by atoms with E-state index in [9.17, 15) is 19.2 Å². The van der Waals surface area contributed by atoms with Crippen molar-refractivity contribution in [3.8, 4) is 11.1 Å². The molecule has 0 aromatic heterocycles. The van der Waals surface area contributed by atoms with Crippen LogP contribution in [0.5, 0.6) is 0 Å². The van der Waals surface area contributed by atoms with Crippen LogP contribution >= 0.6 is 0 Å². The number of carbonyl (C=O) groups is 4. The number of carbonyl (C=O) groups excluding carboxylic acids is 4. The van der Waals surface area contributed by atoms with Crippen LogP contribution in [-0.2, 0) is 14.5 Å². The average Bonchev–Trinajstić information content (AvgIpc) is 3.14. The lowest BCUT2D eigenvalue weighted by Gasteiger charge is -2.11. The van der Waals surface area contributed by atoms with E-state index in [1.54, 1.807) is 84.9 Å². The summed E-state index contributed by atoms with van der Waals surface area (Å²) in [6, 6.07) is 31.4. The van der Waals surface area contributed by atoms with E-state index in [1.807, 2.05) is 24.3 Å². The van der Waals surface area contributed by atoms with Crippen LogP contribution in [0.3, 0.4) is 0 Å². The van der Waals surface area contributed by atoms with Gasteiger partial charge in [-0.2, -0.15) is 0 Å². The highest BCUT2D eigenvalue weighted by atomic mass is 16.7. The largest absolute Gasteiger partial charge is 0.365 e. The first-order valence-corrected chi connectivity index (χ1v) is 16.4. The Hall–Kier alpha value is -5.50. The van der Waals surface area contributed by atoms with Gasteiger partial charge >= 0.3 is 11.9 Å². The monoisotopic (exact) mass is 644 g/mol. The van der Waals surface area contributed by atoms with Crippen molar-refractivity contribution in [3.63, 3.8) is 0 Å². The Morgan fingerprint density at radius 2 is 0.958 bits per heavy atom. The Bertz CT molecular complexity index is 1730. The molecule has 48 heavy (non-hydrogen) atoms. The van der Waals surface area contributed by atoms with Crippen LogP contribution in [0.2, 0.25) is 0 Å². The molecule has 0 atom stereocenters. The summed E-state index contributed by atoms with van der Waals surface area (Å²) in [5.74, 6) is -2.10. The first-order chi connectivity index (χ1) is 23.4. The smallest absolute Gasteiger partial charge is 0.312 e. The minimum absolute atomic E-state index is 0.255. The van der Waals surface area contributed by atoms with Gasteiger partial charge in [0.15, 0.2) is 0 Å². The van der Waals surface area contributed by atoms with Crippen LogP contribution in [0, 0.1) is 0 Å². The highest BCUT2D eigenvalue weighted by molar-refractivity contribution is 6.48. The van der Waals surface area contributed by atoms with Crippen molar-refractivity contribution >= 4 is 34.9 Å². The maximum Gasteiger partial charge on any atom is 0.365 e. The predicted molar refractivity (Wildman–Crippen MR) is 187 cm³/mol. The molecule has 0 spiro atoms. The molecule has 0 aliphatic heterocycles. The Labute approximate surface area is 281 Å². The SMILES string of the molecule is CCCCCC(=O)C(=O)c1ccc(-c2ccc(C(=NOC(=O)c3ccccc3)C(CCCCC)=NOC(=O)c3ccccc3)cc2)cc1. The van der Waals surface area contributed by atoms with Gasteiger partial charge in [0.1, 0.15) is 11.4 Å².